The van der Waals surface area contributed by atoms with Gasteiger partial charge >= 0.3 is 5.97 Å². The van der Waals surface area contributed by atoms with E-state index in [1.807, 2.05) is 12.1 Å². The molecule has 0 unspecified atom stereocenters. The number of ether oxygens (including phenoxy) is 4. The molecule has 4 aromatic carbocycles. The first-order valence-electron chi connectivity index (χ1n) is 11.9. The van der Waals surface area contributed by atoms with Gasteiger partial charge in [0.2, 0.25) is 0 Å². The van der Waals surface area contributed by atoms with Gasteiger partial charge in [0, 0.05) is 22.3 Å². The lowest BCUT2D eigenvalue weighted by Crippen LogP contribution is -2.12. The minimum Gasteiger partial charge on any atom is -0.497 e. The number of rotatable bonds is 10. The van der Waals surface area contributed by atoms with Crippen molar-refractivity contribution in [1.82, 2.24) is 0 Å². The summed E-state index contributed by atoms with van der Waals surface area (Å²) in [6.45, 7) is 0.358. The summed E-state index contributed by atoms with van der Waals surface area (Å²) in [6.07, 6.45) is 2.93. The van der Waals surface area contributed by atoms with Crippen LogP contribution < -0.4 is 24.3 Å². The highest BCUT2D eigenvalue weighted by atomic mass is 35.5. The standard InChI is InChI=1S/C31H26ClNO6/c1-36-26-15-11-25(12-16-26)33-31(35)23-7-13-27(14-8-23)39-30(34)18-6-21-5-17-28(29(19-21)37-2)38-20-22-3-9-24(32)10-4-22/h3-19H,20H2,1-2H3,(H,33,35)/b18-6+. The molecule has 8 heteroatoms. The molecule has 4 aromatic rings. The molecule has 0 aliphatic heterocycles. The van der Waals surface area contributed by atoms with Crippen molar-refractivity contribution in [2.24, 2.45) is 0 Å². The molecule has 0 fully saturated rings. The number of benzene rings is 4. The highest BCUT2D eigenvalue weighted by Gasteiger charge is 2.09. The van der Waals surface area contributed by atoms with Gasteiger partial charge in [0.25, 0.3) is 5.91 Å². The highest BCUT2D eigenvalue weighted by molar-refractivity contribution is 6.30. The van der Waals surface area contributed by atoms with E-state index in [1.54, 1.807) is 99.2 Å². The maximum atomic E-state index is 12.5. The summed E-state index contributed by atoms with van der Waals surface area (Å²) in [6, 6.07) is 26.0. The van der Waals surface area contributed by atoms with E-state index in [0.717, 1.165) is 11.1 Å². The molecule has 0 aliphatic carbocycles. The zero-order valence-corrected chi connectivity index (χ0v) is 22.1. The van der Waals surface area contributed by atoms with Gasteiger partial charge in [-0.1, -0.05) is 29.8 Å². The van der Waals surface area contributed by atoms with Gasteiger partial charge in [-0.2, -0.15) is 0 Å². The molecular weight excluding hydrogens is 518 g/mol. The first-order valence-corrected chi connectivity index (χ1v) is 12.3. The number of carbonyl (C=O) groups is 2. The van der Waals surface area contributed by atoms with Gasteiger partial charge in [0.05, 0.1) is 14.2 Å². The molecule has 1 N–H and O–H groups in total. The maximum Gasteiger partial charge on any atom is 0.336 e. The van der Waals surface area contributed by atoms with Crippen LogP contribution in [0.25, 0.3) is 6.08 Å². The summed E-state index contributed by atoms with van der Waals surface area (Å²) in [5.41, 5.74) is 2.76. The van der Waals surface area contributed by atoms with Crippen molar-refractivity contribution < 1.29 is 28.5 Å². The van der Waals surface area contributed by atoms with Gasteiger partial charge in [0.15, 0.2) is 11.5 Å². The van der Waals surface area contributed by atoms with Crippen LogP contribution in [0, 0.1) is 0 Å². The predicted molar refractivity (Wildman–Crippen MR) is 151 cm³/mol. The SMILES string of the molecule is COc1ccc(NC(=O)c2ccc(OC(=O)/C=C/c3ccc(OCc4ccc(Cl)cc4)c(OC)c3)cc2)cc1. The molecule has 0 radical (unpaired) electrons. The second kappa shape index (κ2) is 13.2. The van der Waals surface area contributed by atoms with Crippen LogP contribution in [0.15, 0.2) is 97.1 Å². The molecule has 0 aromatic heterocycles. The molecule has 0 saturated carbocycles. The fraction of sp³-hybridized carbons (Fsp3) is 0.0968. The van der Waals surface area contributed by atoms with E-state index >= 15 is 0 Å². The van der Waals surface area contributed by atoms with Crippen molar-refractivity contribution in [2.75, 3.05) is 19.5 Å². The number of methoxy groups -OCH3 is 2. The first kappa shape index (κ1) is 27.3. The van der Waals surface area contributed by atoms with Crippen LogP contribution in [0.5, 0.6) is 23.0 Å². The third-order valence-electron chi connectivity index (χ3n) is 5.59. The third-order valence-corrected chi connectivity index (χ3v) is 5.84. The molecule has 4 rings (SSSR count). The van der Waals surface area contributed by atoms with E-state index in [1.165, 1.54) is 6.08 Å². The number of amides is 1. The Balaban J connectivity index is 1.31. The topological polar surface area (TPSA) is 83.1 Å². The fourth-order valence-corrected chi connectivity index (χ4v) is 3.64. The van der Waals surface area contributed by atoms with Crippen LogP contribution in [0.1, 0.15) is 21.5 Å². The summed E-state index contributed by atoms with van der Waals surface area (Å²) < 4.78 is 21.8. The molecular formula is C31H26ClNO6. The van der Waals surface area contributed by atoms with Crippen LogP contribution in [-0.4, -0.2) is 26.1 Å². The van der Waals surface area contributed by atoms with Gasteiger partial charge < -0.3 is 24.3 Å². The largest absolute Gasteiger partial charge is 0.497 e. The van der Waals surface area contributed by atoms with E-state index in [4.69, 9.17) is 30.5 Å². The summed E-state index contributed by atoms with van der Waals surface area (Å²) >= 11 is 5.92. The minimum atomic E-state index is -0.563. The van der Waals surface area contributed by atoms with Crippen molar-refractivity contribution in [1.29, 1.82) is 0 Å². The zero-order valence-electron chi connectivity index (χ0n) is 21.3. The van der Waals surface area contributed by atoms with E-state index in [9.17, 15) is 9.59 Å². The summed E-state index contributed by atoms with van der Waals surface area (Å²) in [5.74, 6) is 1.27. The summed E-state index contributed by atoms with van der Waals surface area (Å²) in [5, 5.41) is 3.47. The van der Waals surface area contributed by atoms with E-state index in [-0.39, 0.29) is 5.91 Å². The van der Waals surface area contributed by atoms with Crippen LogP contribution in [0.2, 0.25) is 5.02 Å². The number of halogens is 1. The lowest BCUT2D eigenvalue weighted by atomic mass is 10.2. The average Bonchev–Trinajstić information content (AvgIpc) is 2.96. The molecule has 0 aliphatic rings. The minimum absolute atomic E-state index is 0.285. The van der Waals surface area contributed by atoms with Gasteiger partial charge in [-0.05, 0) is 90.0 Å². The van der Waals surface area contributed by atoms with Crippen LogP contribution >= 0.6 is 11.6 Å². The van der Waals surface area contributed by atoms with Crippen molar-refractivity contribution in [3.63, 3.8) is 0 Å². The number of anilines is 1. The van der Waals surface area contributed by atoms with Crippen molar-refractivity contribution in [3.05, 3.63) is 119 Å². The molecule has 7 nitrogen and oxygen atoms in total. The lowest BCUT2D eigenvalue weighted by Gasteiger charge is -2.11. The number of carbonyl (C=O) groups excluding carboxylic acids is 2. The van der Waals surface area contributed by atoms with Gasteiger partial charge in [0.1, 0.15) is 18.1 Å². The fourth-order valence-electron chi connectivity index (χ4n) is 3.52. The number of nitrogens with one attached hydrogen (secondary N) is 1. The van der Waals surface area contributed by atoms with Gasteiger partial charge in [-0.15, -0.1) is 0 Å². The molecule has 0 saturated heterocycles. The second-order valence-electron chi connectivity index (χ2n) is 8.29. The smallest absolute Gasteiger partial charge is 0.336 e. The number of esters is 1. The van der Waals surface area contributed by atoms with Crippen LogP contribution in [0.4, 0.5) is 5.69 Å². The molecule has 1 amide bonds. The Hall–Kier alpha value is -4.75. The number of hydrogen-bond donors (Lipinski definition) is 1. The maximum absolute atomic E-state index is 12.5. The average molecular weight is 544 g/mol. The van der Waals surface area contributed by atoms with Crippen molar-refractivity contribution >= 4 is 35.2 Å². The first-order chi connectivity index (χ1) is 18.9. The van der Waals surface area contributed by atoms with Crippen molar-refractivity contribution in [3.8, 4) is 23.0 Å². The van der Waals surface area contributed by atoms with Crippen molar-refractivity contribution in [2.45, 2.75) is 6.61 Å². The normalized spacial score (nSPS) is 10.6. The molecule has 0 atom stereocenters. The van der Waals surface area contributed by atoms with Gasteiger partial charge in [-0.25, -0.2) is 4.79 Å². The molecule has 198 valence electrons. The van der Waals surface area contributed by atoms with E-state index in [0.29, 0.717) is 45.9 Å². The Morgan fingerprint density at radius 1 is 0.795 bits per heavy atom. The quantitative estimate of drug-likeness (QED) is 0.134. The molecule has 0 bridgehead atoms. The lowest BCUT2D eigenvalue weighted by molar-refractivity contribution is -0.128. The summed E-state index contributed by atoms with van der Waals surface area (Å²) in [7, 11) is 3.13. The zero-order chi connectivity index (χ0) is 27.6. The summed E-state index contributed by atoms with van der Waals surface area (Å²) in [4.78, 5) is 24.8. The predicted octanol–water partition coefficient (Wildman–Crippen LogP) is 6.81. The Kier molecular flexibility index (Phi) is 9.21. The monoisotopic (exact) mass is 543 g/mol. The second-order valence-corrected chi connectivity index (χ2v) is 8.72. The molecule has 0 heterocycles. The number of hydrogen-bond acceptors (Lipinski definition) is 6. The Labute approximate surface area is 231 Å². The highest BCUT2D eigenvalue weighted by Crippen LogP contribution is 2.29. The van der Waals surface area contributed by atoms with Crippen LogP contribution in [0.3, 0.4) is 0 Å². The van der Waals surface area contributed by atoms with Crippen LogP contribution in [-0.2, 0) is 11.4 Å². The van der Waals surface area contributed by atoms with Gasteiger partial charge in [-0.3, -0.25) is 4.79 Å². The van der Waals surface area contributed by atoms with E-state index < -0.39 is 5.97 Å². The van der Waals surface area contributed by atoms with E-state index in [2.05, 4.69) is 5.32 Å². The molecule has 39 heavy (non-hydrogen) atoms. The third kappa shape index (κ3) is 7.87. The Morgan fingerprint density at radius 2 is 1.49 bits per heavy atom. The Bertz CT molecular complexity index is 1450. The molecule has 0 spiro atoms. The Morgan fingerprint density at radius 3 is 2.15 bits per heavy atom.